The molecule has 1 unspecified atom stereocenters. The van der Waals surface area contributed by atoms with Gasteiger partial charge >= 0.3 is 0 Å². The molecule has 18 heavy (non-hydrogen) atoms. The van der Waals surface area contributed by atoms with Crippen LogP contribution in [0.15, 0.2) is 59.5 Å². The van der Waals surface area contributed by atoms with Crippen molar-refractivity contribution in [1.82, 2.24) is 0 Å². The Bertz CT molecular complexity index is 571. The van der Waals surface area contributed by atoms with Gasteiger partial charge in [0.15, 0.2) is 0 Å². The van der Waals surface area contributed by atoms with Crippen LogP contribution in [-0.4, -0.2) is 0 Å². The van der Waals surface area contributed by atoms with Crippen LogP contribution in [-0.2, 0) is 4.75 Å². The van der Waals surface area contributed by atoms with E-state index in [1.54, 1.807) is 11.8 Å². The molecule has 0 aliphatic heterocycles. The molecular weight excluding hydrogens is 260 g/mol. The number of rotatable bonds is 3. The van der Waals surface area contributed by atoms with Crippen molar-refractivity contribution in [1.29, 1.82) is 0 Å². The highest BCUT2D eigenvalue weighted by molar-refractivity contribution is 8.00. The summed E-state index contributed by atoms with van der Waals surface area (Å²) in [5, 5.41) is 0.736. The second kappa shape index (κ2) is 5.52. The first-order chi connectivity index (χ1) is 8.65. The van der Waals surface area contributed by atoms with Gasteiger partial charge in [0, 0.05) is 4.90 Å². The Balaban J connectivity index is 2.36. The maximum Gasteiger partial charge on any atom is 0.103 e. The number of hydrogen-bond donors (Lipinski definition) is 0. The predicted octanol–water partition coefficient (Wildman–Crippen LogP) is 4.98. The van der Waals surface area contributed by atoms with E-state index < -0.39 is 4.75 Å². The highest BCUT2D eigenvalue weighted by Crippen LogP contribution is 2.43. The molecule has 2 aromatic rings. The van der Waals surface area contributed by atoms with Crippen molar-refractivity contribution < 1.29 is 0 Å². The van der Waals surface area contributed by atoms with Gasteiger partial charge in [-0.2, -0.15) is 0 Å². The molecular formula is C16H13ClS. The molecule has 0 saturated heterocycles. The third-order valence-corrected chi connectivity index (χ3v) is 4.53. The van der Waals surface area contributed by atoms with E-state index in [0.717, 1.165) is 15.5 Å². The summed E-state index contributed by atoms with van der Waals surface area (Å²) in [7, 11) is 0. The van der Waals surface area contributed by atoms with Crippen molar-refractivity contribution in [3.63, 3.8) is 0 Å². The van der Waals surface area contributed by atoms with Crippen LogP contribution in [0.2, 0.25) is 5.02 Å². The van der Waals surface area contributed by atoms with Crippen molar-refractivity contribution >= 4 is 23.4 Å². The number of hydrogen-bond acceptors (Lipinski definition) is 1. The van der Waals surface area contributed by atoms with Gasteiger partial charge < -0.3 is 0 Å². The van der Waals surface area contributed by atoms with Gasteiger partial charge in [-0.1, -0.05) is 71.7 Å². The van der Waals surface area contributed by atoms with Gasteiger partial charge in [0.25, 0.3) is 0 Å². The second-order valence-electron chi connectivity index (χ2n) is 4.08. The zero-order chi connectivity index (χ0) is 13.0. The monoisotopic (exact) mass is 272 g/mol. The maximum absolute atomic E-state index is 6.19. The average Bonchev–Trinajstić information content (AvgIpc) is 2.42. The minimum absolute atomic E-state index is 0.410. The minimum atomic E-state index is -0.410. The van der Waals surface area contributed by atoms with E-state index in [9.17, 15) is 0 Å². The van der Waals surface area contributed by atoms with Crippen LogP contribution in [0.25, 0.3) is 0 Å². The fourth-order valence-corrected chi connectivity index (χ4v) is 2.99. The van der Waals surface area contributed by atoms with Crippen molar-refractivity contribution in [3.8, 4) is 12.3 Å². The summed E-state index contributed by atoms with van der Waals surface area (Å²) >= 11 is 7.79. The van der Waals surface area contributed by atoms with E-state index in [2.05, 4.69) is 5.92 Å². The Morgan fingerprint density at radius 2 is 1.67 bits per heavy atom. The van der Waals surface area contributed by atoms with E-state index >= 15 is 0 Å². The summed E-state index contributed by atoms with van der Waals surface area (Å²) in [5.74, 6) is 2.87. The lowest BCUT2D eigenvalue weighted by Crippen LogP contribution is -2.14. The number of halogens is 1. The van der Waals surface area contributed by atoms with Gasteiger partial charge in [-0.05, 0) is 24.6 Å². The van der Waals surface area contributed by atoms with Gasteiger partial charge in [0.05, 0.1) is 5.02 Å². The van der Waals surface area contributed by atoms with E-state index in [-0.39, 0.29) is 0 Å². The van der Waals surface area contributed by atoms with Crippen LogP contribution in [0.5, 0.6) is 0 Å². The molecule has 0 aliphatic carbocycles. The third kappa shape index (κ3) is 2.72. The third-order valence-electron chi connectivity index (χ3n) is 2.75. The van der Waals surface area contributed by atoms with Gasteiger partial charge in [0.1, 0.15) is 4.75 Å². The standard InChI is InChI=1S/C16H13ClS/c1-3-16(2,13-9-5-4-6-10-13)18-15-12-8-7-11-14(15)17/h1,4-12H,2H3. The summed E-state index contributed by atoms with van der Waals surface area (Å²) in [5.41, 5.74) is 1.11. The first-order valence-corrected chi connectivity index (χ1v) is 6.82. The van der Waals surface area contributed by atoms with Crippen molar-refractivity contribution in [3.05, 3.63) is 65.2 Å². The van der Waals surface area contributed by atoms with Crippen LogP contribution in [0.3, 0.4) is 0 Å². The second-order valence-corrected chi connectivity index (χ2v) is 5.94. The van der Waals surface area contributed by atoms with Gasteiger partial charge in [-0.25, -0.2) is 0 Å². The minimum Gasteiger partial charge on any atom is -0.118 e. The number of benzene rings is 2. The molecule has 0 radical (unpaired) electrons. The number of terminal acetylenes is 1. The van der Waals surface area contributed by atoms with Gasteiger partial charge in [-0.15, -0.1) is 6.42 Å². The zero-order valence-electron chi connectivity index (χ0n) is 10.1. The molecule has 0 aromatic heterocycles. The molecule has 0 nitrogen and oxygen atoms in total. The largest absolute Gasteiger partial charge is 0.118 e. The summed E-state index contributed by atoms with van der Waals surface area (Å²) in [6, 6.07) is 17.8. The Kier molecular flexibility index (Phi) is 4.01. The molecule has 1 atom stereocenters. The molecule has 2 rings (SSSR count). The molecule has 0 spiro atoms. The van der Waals surface area contributed by atoms with E-state index in [4.69, 9.17) is 18.0 Å². The van der Waals surface area contributed by atoms with E-state index in [1.165, 1.54) is 0 Å². The maximum atomic E-state index is 6.19. The highest BCUT2D eigenvalue weighted by atomic mass is 35.5. The van der Waals surface area contributed by atoms with Crippen LogP contribution < -0.4 is 0 Å². The SMILES string of the molecule is C#CC(C)(Sc1ccccc1Cl)c1ccccc1. The molecule has 0 aliphatic rings. The molecule has 2 aromatic carbocycles. The van der Waals surface area contributed by atoms with E-state index in [1.807, 2.05) is 61.5 Å². The fraction of sp³-hybridized carbons (Fsp3) is 0.125. The molecule has 0 bridgehead atoms. The normalized spacial score (nSPS) is 13.6. The van der Waals surface area contributed by atoms with Crippen LogP contribution >= 0.6 is 23.4 Å². The van der Waals surface area contributed by atoms with Crippen LogP contribution in [0.4, 0.5) is 0 Å². The van der Waals surface area contributed by atoms with Crippen molar-refractivity contribution in [2.75, 3.05) is 0 Å². The van der Waals surface area contributed by atoms with Gasteiger partial charge in [-0.3, -0.25) is 0 Å². The molecule has 2 heteroatoms. The Hall–Kier alpha value is -1.36. The topological polar surface area (TPSA) is 0 Å². The lowest BCUT2D eigenvalue weighted by molar-refractivity contribution is 0.914. The van der Waals surface area contributed by atoms with Crippen LogP contribution in [0.1, 0.15) is 12.5 Å². The quantitative estimate of drug-likeness (QED) is 0.561. The number of thioether (sulfide) groups is 1. The molecule has 0 saturated carbocycles. The molecule has 0 heterocycles. The Labute approximate surface area is 117 Å². The molecule has 0 N–H and O–H groups in total. The van der Waals surface area contributed by atoms with Gasteiger partial charge in [0.2, 0.25) is 0 Å². The summed E-state index contributed by atoms with van der Waals surface area (Å²) in [4.78, 5) is 1.00. The van der Waals surface area contributed by atoms with Crippen molar-refractivity contribution in [2.24, 2.45) is 0 Å². The van der Waals surface area contributed by atoms with E-state index in [0.29, 0.717) is 0 Å². The summed E-state index contributed by atoms with van der Waals surface area (Å²) in [6.07, 6.45) is 5.72. The Morgan fingerprint density at radius 1 is 1.06 bits per heavy atom. The molecule has 90 valence electrons. The summed E-state index contributed by atoms with van der Waals surface area (Å²) in [6.45, 7) is 2.04. The first kappa shape index (κ1) is 13.1. The van der Waals surface area contributed by atoms with Crippen LogP contribution in [0, 0.1) is 12.3 Å². The zero-order valence-corrected chi connectivity index (χ0v) is 11.6. The lowest BCUT2D eigenvalue weighted by atomic mass is 10.0. The smallest absolute Gasteiger partial charge is 0.103 e. The average molecular weight is 273 g/mol. The van der Waals surface area contributed by atoms with Crippen molar-refractivity contribution in [2.45, 2.75) is 16.6 Å². The Morgan fingerprint density at radius 3 is 2.28 bits per heavy atom. The highest BCUT2D eigenvalue weighted by Gasteiger charge is 2.26. The lowest BCUT2D eigenvalue weighted by Gasteiger charge is -2.24. The molecule has 0 amide bonds. The molecule has 0 fully saturated rings. The fourth-order valence-electron chi connectivity index (χ4n) is 1.68. The predicted molar refractivity (Wildman–Crippen MR) is 79.9 cm³/mol. The summed E-state index contributed by atoms with van der Waals surface area (Å²) < 4.78 is -0.410. The first-order valence-electron chi connectivity index (χ1n) is 5.62.